The number of aromatic nitrogens is 3. The zero-order valence-electron chi connectivity index (χ0n) is 10.5. The first kappa shape index (κ1) is 11.5. The number of para-hydroxylation sites is 2. The molecule has 1 unspecified atom stereocenters. The Morgan fingerprint density at radius 1 is 1.21 bits per heavy atom. The Morgan fingerprint density at radius 2 is 2.11 bits per heavy atom. The summed E-state index contributed by atoms with van der Waals surface area (Å²) in [5, 5.41) is 7.58. The summed E-state index contributed by atoms with van der Waals surface area (Å²) >= 11 is 0. The molecular weight excluding hydrogens is 240 g/mol. The summed E-state index contributed by atoms with van der Waals surface area (Å²) in [6.45, 7) is 2.05. The van der Waals surface area contributed by atoms with Crippen molar-refractivity contribution in [3.8, 4) is 5.69 Å². The van der Waals surface area contributed by atoms with E-state index in [0.29, 0.717) is 0 Å². The SMILES string of the molecule is CC(Nc1ccccc1-n1cncn1)c1ccco1. The van der Waals surface area contributed by atoms with Gasteiger partial charge in [-0.2, -0.15) is 5.10 Å². The van der Waals surface area contributed by atoms with Crippen molar-refractivity contribution in [1.82, 2.24) is 14.8 Å². The van der Waals surface area contributed by atoms with Crippen molar-refractivity contribution in [3.63, 3.8) is 0 Å². The summed E-state index contributed by atoms with van der Waals surface area (Å²) < 4.78 is 7.13. The fourth-order valence-electron chi connectivity index (χ4n) is 1.97. The van der Waals surface area contributed by atoms with Crippen LogP contribution in [0, 0.1) is 0 Å². The minimum Gasteiger partial charge on any atom is -0.467 e. The van der Waals surface area contributed by atoms with Crippen LogP contribution in [0.25, 0.3) is 5.69 Å². The molecule has 2 heterocycles. The molecule has 19 heavy (non-hydrogen) atoms. The molecule has 0 bridgehead atoms. The lowest BCUT2D eigenvalue weighted by Gasteiger charge is -2.16. The van der Waals surface area contributed by atoms with Crippen molar-refractivity contribution in [2.75, 3.05) is 5.32 Å². The first-order chi connectivity index (χ1) is 9.34. The van der Waals surface area contributed by atoms with Gasteiger partial charge in [-0.3, -0.25) is 0 Å². The van der Waals surface area contributed by atoms with Crippen molar-refractivity contribution in [2.24, 2.45) is 0 Å². The molecule has 0 aliphatic heterocycles. The van der Waals surface area contributed by atoms with Crippen molar-refractivity contribution < 1.29 is 4.42 Å². The van der Waals surface area contributed by atoms with E-state index in [2.05, 4.69) is 22.3 Å². The van der Waals surface area contributed by atoms with Gasteiger partial charge in [0.05, 0.1) is 23.7 Å². The van der Waals surface area contributed by atoms with Crippen molar-refractivity contribution >= 4 is 5.69 Å². The van der Waals surface area contributed by atoms with Gasteiger partial charge in [-0.05, 0) is 31.2 Å². The normalized spacial score (nSPS) is 12.3. The fraction of sp³-hybridized carbons (Fsp3) is 0.143. The van der Waals surface area contributed by atoms with Gasteiger partial charge in [0, 0.05) is 0 Å². The van der Waals surface area contributed by atoms with E-state index in [1.54, 1.807) is 17.3 Å². The maximum absolute atomic E-state index is 5.40. The second kappa shape index (κ2) is 4.97. The summed E-state index contributed by atoms with van der Waals surface area (Å²) in [6.07, 6.45) is 4.88. The highest BCUT2D eigenvalue weighted by molar-refractivity contribution is 5.61. The second-order valence-corrected chi connectivity index (χ2v) is 4.24. The van der Waals surface area contributed by atoms with E-state index in [9.17, 15) is 0 Å². The number of furan rings is 1. The Hall–Kier alpha value is -2.56. The van der Waals surface area contributed by atoms with Crippen LogP contribution in [0.5, 0.6) is 0 Å². The van der Waals surface area contributed by atoms with Gasteiger partial charge < -0.3 is 9.73 Å². The van der Waals surface area contributed by atoms with E-state index in [4.69, 9.17) is 4.42 Å². The van der Waals surface area contributed by atoms with Gasteiger partial charge in [-0.25, -0.2) is 9.67 Å². The number of rotatable bonds is 4. The Kier molecular flexibility index (Phi) is 3.02. The van der Waals surface area contributed by atoms with E-state index in [1.807, 2.05) is 36.4 Å². The molecular formula is C14H14N4O. The monoisotopic (exact) mass is 254 g/mol. The average Bonchev–Trinajstić information content (AvgIpc) is 3.13. The highest BCUT2D eigenvalue weighted by Gasteiger charge is 2.11. The van der Waals surface area contributed by atoms with Crippen LogP contribution in [0.1, 0.15) is 18.7 Å². The lowest BCUT2D eigenvalue weighted by molar-refractivity contribution is 0.490. The zero-order chi connectivity index (χ0) is 13.1. The Morgan fingerprint density at radius 3 is 2.84 bits per heavy atom. The zero-order valence-corrected chi connectivity index (χ0v) is 10.5. The van der Waals surface area contributed by atoms with E-state index in [0.717, 1.165) is 17.1 Å². The highest BCUT2D eigenvalue weighted by atomic mass is 16.3. The smallest absolute Gasteiger partial charge is 0.138 e. The van der Waals surface area contributed by atoms with Crippen LogP contribution in [0.2, 0.25) is 0 Å². The molecule has 0 amide bonds. The molecule has 0 aliphatic rings. The molecule has 0 fully saturated rings. The molecule has 96 valence electrons. The van der Waals surface area contributed by atoms with E-state index < -0.39 is 0 Å². The van der Waals surface area contributed by atoms with Gasteiger partial charge in [0.25, 0.3) is 0 Å². The van der Waals surface area contributed by atoms with E-state index in [-0.39, 0.29) is 6.04 Å². The minimum atomic E-state index is 0.0830. The van der Waals surface area contributed by atoms with E-state index in [1.165, 1.54) is 6.33 Å². The molecule has 0 radical (unpaired) electrons. The maximum Gasteiger partial charge on any atom is 0.138 e. The number of nitrogens with one attached hydrogen (secondary N) is 1. The quantitative estimate of drug-likeness (QED) is 0.777. The van der Waals surface area contributed by atoms with Crippen LogP contribution >= 0.6 is 0 Å². The third kappa shape index (κ3) is 2.35. The molecule has 0 saturated carbocycles. The molecule has 5 heteroatoms. The average molecular weight is 254 g/mol. The first-order valence-electron chi connectivity index (χ1n) is 6.08. The van der Waals surface area contributed by atoms with E-state index >= 15 is 0 Å². The molecule has 3 rings (SSSR count). The van der Waals surface area contributed by atoms with Gasteiger partial charge >= 0.3 is 0 Å². The number of hydrogen-bond donors (Lipinski definition) is 1. The molecule has 5 nitrogen and oxygen atoms in total. The van der Waals surface area contributed by atoms with Gasteiger partial charge in [-0.1, -0.05) is 12.1 Å². The predicted molar refractivity (Wildman–Crippen MR) is 72.1 cm³/mol. The molecule has 0 saturated heterocycles. The van der Waals surface area contributed by atoms with Gasteiger partial charge in [-0.15, -0.1) is 0 Å². The maximum atomic E-state index is 5.40. The standard InChI is InChI=1S/C14H14N4O/c1-11(14-7-4-8-19-14)17-12-5-2-3-6-13(12)18-10-15-9-16-18/h2-11,17H,1H3. The molecule has 0 spiro atoms. The van der Waals surface area contributed by atoms with Crippen molar-refractivity contribution in [2.45, 2.75) is 13.0 Å². The molecule has 2 aromatic heterocycles. The molecule has 3 aromatic rings. The largest absolute Gasteiger partial charge is 0.467 e. The Bertz CT molecular complexity index is 631. The molecule has 1 N–H and O–H groups in total. The van der Waals surface area contributed by atoms with Crippen LogP contribution < -0.4 is 5.32 Å². The van der Waals surface area contributed by atoms with Crippen LogP contribution in [-0.4, -0.2) is 14.8 Å². The highest BCUT2D eigenvalue weighted by Crippen LogP contribution is 2.24. The summed E-state index contributed by atoms with van der Waals surface area (Å²) in [7, 11) is 0. The van der Waals surface area contributed by atoms with Crippen LogP contribution in [0.3, 0.4) is 0 Å². The molecule has 0 aliphatic carbocycles. The number of nitrogens with zero attached hydrogens (tertiary/aromatic N) is 3. The third-order valence-corrected chi connectivity index (χ3v) is 2.91. The lowest BCUT2D eigenvalue weighted by Crippen LogP contribution is -2.08. The first-order valence-corrected chi connectivity index (χ1v) is 6.08. The minimum absolute atomic E-state index is 0.0830. The number of anilines is 1. The topological polar surface area (TPSA) is 55.9 Å². The fourth-order valence-corrected chi connectivity index (χ4v) is 1.97. The summed E-state index contributed by atoms with van der Waals surface area (Å²) in [6, 6.07) is 11.9. The lowest BCUT2D eigenvalue weighted by atomic mass is 10.2. The summed E-state index contributed by atoms with van der Waals surface area (Å²) in [4.78, 5) is 3.97. The number of hydrogen-bond acceptors (Lipinski definition) is 4. The van der Waals surface area contributed by atoms with Crippen LogP contribution in [-0.2, 0) is 0 Å². The third-order valence-electron chi connectivity index (χ3n) is 2.91. The van der Waals surface area contributed by atoms with Crippen molar-refractivity contribution in [3.05, 3.63) is 61.1 Å². The van der Waals surface area contributed by atoms with Gasteiger partial charge in [0.1, 0.15) is 18.4 Å². The van der Waals surface area contributed by atoms with Crippen molar-refractivity contribution in [1.29, 1.82) is 0 Å². The van der Waals surface area contributed by atoms with Gasteiger partial charge in [0.15, 0.2) is 0 Å². The van der Waals surface area contributed by atoms with Gasteiger partial charge in [0.2, 0.25) is 0 Å². The van der Waals surface area contributed by atoms with Crippen LogP contribution in [0.15, 0.2) is 59.7 Å². The second-order valence-electron chi connectivity index (χ2n) is 4.24. The Labute approximate surface area is 110 Å². The molecule has 1 aromatic carbocycles. The number of benzene rings is 1. The molecule has 1 atom stereocenters. The Balaban J connectivity index is 1.89. The van der Waals surface area contributed by atoms with Crippen LogP contribution in [0.4, 0.5) is 5.69 Å². The predicted octanol–water partition coefficient (Wildman–Crippen LogP) is 3.03. The summed E-state index contributed by atoms with van der Waals surface area (Å²) in [5.74, 6) is 0.897. The summed E-state index contributed by atoms with van der Waals surface area (Å²) in [5.41, 5.74) is 1.94.